The number of halogens is 1. The fourth-order valence-electron chi connectivity index (χ4n) is 3.91. The van der Waals surface area contributed by atoms with E-state index in [1.165, 1.54) is 30.3 Å². The summed E-state index contributed by atoms with van der Waals surface area (Å²) in [5.74, 6) is -3.30. The lowest BCUT2D eigenvalue weighted by molar-refractivity contribution is -0.132. The highest BCUT2D eigenvalue weighted by molar-refractivity contribution is 7.17. The van der Waals surface area contributed by atoms with Gasteiger partial charge in [0.15, 0.2) is 5.13 Å². The number of hydrogen-bond donors (Lipinski definition) is 1. The number of ether oxygens (including phenoxy) is 2. The number of carbonyl (C=O) groups excluding carboxylic acids is 3. The number of nitrogens with zero attached hydrogens (tertiary/aromatic N) is 2. The Kier molecular flexibility index (Phi) is 7.49. The van der Waals surface area contributed by atoms with Gasteiger partial charge in [0, 0.05) is 11.1 Å². The lowest BCUT2D eigenvalue weighted by atomic mass is 9.95. The van der Waals surface area contributed by atoms with Crippen LogP contribution in [0.1, 0.15) is 39.5 Å². The van der Waals surface area contributed by atoms with E-state index in [-0.39, 0.29) is 39.9 Å². The van der Waals surface area contributed by atoms with Crippen LogP contribution in [0, 0.1) is 12.7 Å². The zero-order valence-electron chi connectivity index (χ0n) is 20.1. The van der Waals surface area contributed by atoms with E-state index >= 15 is 4.39 Å². The molecule has 0 aliphatic carbocycles. The van der Waals surface area contributed by atoms with Crippen LogP contribution in [0.25, 0.3) is 5.76 Å². The quantitative estimate of drug-likeness (QED) is 0.147. The van der Waals surface area contributed by atoms with Gasteiger partial charge in [-0.15, -0.1) is 0 Å². The van der Waals surface area contributed by atoms with Crippen molar-refractivity contribution in [2.75, 3.05) is 18.1 Å². The number of amides is 1. The molecule has 1 saturated heterocycles. The molecule has 4 rings (SSSR count). The number of benzene rings is 2. The number of aromatic nitrogens is 1. The molecule has 2 heterocycles. The largest absolute Gasteiger partial charge is 0.507 e. The van der Waals surface area contributed by atoms with Gasteiger partial charge in [-0.05, 0) is 44.2 Å². The van der Waals surface area contributed by atoms with Crippen LogP contribution < -0.4 is 9.64 Å². The molecule has 1 amide bonds. The third kappa shape index (κ3) is 4.88. The Morgan fingerprint density at radius 1 is 1.22 bits per heavy atom. The van der Waals surface area contributed by atoms with Crippen molar-refractivity contribution in [3.05, 3.63) is 94.3 Å². The summed E-state index contributed by atoms with van der Waals surface area (Å²) in [6.45, 7) is 7.23. The highest BCUT2D eigenvalue weighted by atomic mass is 32.1. The summed E-state index contributed by atoms with van der Waals surface area (Å²) >= 11 is 0.850. The number of aryl methyl sites for hydroxylation is 1. The molecule has 0 spiro atoms. The van der Waals surface area contributed by atoms with E-state index in [1.807, 2.05) is 0 Å². The minimum atomic E-state index is -1.32. The number of Topliss-reactive ketones (excluding diaryl/α,β-unsaturated/α-hetero) is 1. The lowest BCUT2D eigenvalue weighted by Gasteiger charge is -2.23. The topological polar surface area (TPSA) is 106 Å². The average Bonchev–Trinajstić information content (AvgIpc) is 3.39. The number of anilines is 1. The Hall–Kier alpha value is -4.31. The maximum absolute atomic E-state index is 15.0. The normalized spacial score (nSPS) is 16.6. The van der Waals surface area contributed by atoms with Gasteiger partial charge in [0.2, 0.25) is 0 Å². The van der Waals surface area contributed by atoms with Gasteiger partial charge in [0.05, 0.1) is 17.9 Å². The van der Waals surface area contributed by atoms with Gasteiger partial charge in [-0.2, -0.15) is 0 Å². The smallest absolute Gasteiger partial charge is 0.350 e. The monoisotopic (exact) mass is 522 g/mol. The van der Waals surface area contributed by atoms with Crippen LogP contribution in [0.5, 0.6) is 5.75 Å². The Labute approximate surface area is 216 Å². The molecule has 1 aromatic heterocycles. The first-order valence-corrected chi connectivity index (χ1v) is 12.1. The standard InChI is InChI=1S/C27H23FN2O6S/c1-4-14-36-17-12-10-16(11-13-17)22(31)20-21(18-8-6-7-9-19(18)28)30(25(33)23(20)32)27-29-15(3)24(37-27)26(34)35-5-2/h4,6-13,21,31H,1,5,14H2,2-3H3. The van der Waals surface area contributed by atoms with Crippen LogP contribution in [0.4, 0.5) is 9.52 Å². The van der Waals surface area contributed by atoms with E-state index in [2.05, 4.69) is 11.6 Å². The number of aliphatic hydroxyl groups is 1. The van der Waals surface area contributed by atoms with Crippen molar-refractivity contribution in [3.63, 3.8) is 0 Å². The molecular formula is C27H23FN2O6S. The molecule has 1 aliphatic heterocycles. The van der Waals surface area contributed by atoms with E-state index in [1.54, 1.807) is 38.1 Å². The number of aliphatic hydroxyl groups excluding tert-OH is 1. The van der Waals surface area contributed by atoms with Crippen LogP contribution in [-0.2, 0) is 14.3 Å². The molecule has 1 atom stereocenters. The Morgan fingerprint density at radius 2 is 1.92 bits per heavy atom. The molecule has 2 aromatic carbocycles. The van der Waals surface area contributed by atoms with Crippen LogP contribution in [0.2, 0.25) is 0 Å². The SMILES string of the molecule is C=CCOc1ccc(C(O)=C2C(=O)C(=O)N(c3nc(C)c(C(=O)OCC)s3)C2c2ccccc2F)cc1. The number of hydrogen-bond acceptors (Lipinski definition) is 8. The molecule has 190 valence electrons. The second kappa shape index (κ2) is 10.8. The van der Waals surface area contributed by atoms with E-state index < -0.39 is 35.3 Å². The van der Waals surface area contributed by atoms with Gasteiger partial charge >= 0.3 is 11.9 Å². The van der Waals surface area contributed by atoms with Gasteiger partial charge in [-0.3, -0.25) is 14.5 Å². The summed E-state index contributed by atoms with van der Waals surface area (Å²) in [4.78, 5) is 44.3. The van der Waals surface area contributed by atoms with Gasteiger partial charge in [-0.25, -0.2) is 14.2 Å². The van der Waals surface area contributed by atoms with Crippen molar-refractivity contribution in [1.29, 1.82) is 0 Å². The maximum Gasteiger partial charge on any atom is 0.350 e. The summed E-state index contributed by atoms with van der Waals surface area (Å²) in [6, 6.07) is 10.5. The van der Waals surface area contributed by atoms with Crippen molar-refractivity contribution >= 4 is 39.9 Å². The Balaban J connectivity index is 1.86. The molecule has 3 aromatic rings. The first-order chi connectivity index (χ1) is 17.8. The molecule has 1 aliphatic rings. The molecule has 10 heteroatoms. The number of esters is 1. The molecule has 1 fully saturated rings. The maximum atomic E-state index is 15.0. The summed E-state index contributed by atoms with van der Waals surface area (Å²) < 4.78 is 25.5. The first-order valence-electron chi connectivity index (χ1n) is 11.3. The van der Waals surface area contributed by atoms with Crippen molar-refractivity contribution in [3.8, 4) is 5.75 Å². The molecule has 1 unspecified atom stereocenters. The lowest BCUT2D eigenvalue weighted by Crippen LogP contribution is -2.29. The Bertz CT molecular complexity index is 1410. The number of ketones is 1. The van der Waals surface area contributed by atoms with Crippen molar-refractivity contribution in [1.82, 2.24) is 4.98 Å². The second-order valence-corrected chi connectivity index (χ2v) is 8.92. The van der Waals surface area contributed by atoms with Gasteiger partial charge < -0.3 is 14.6 Å². The predicted molar refractivity (Wildman–Crippen MR) is 136 cm³/mol. The highest BCUT2D eigenvalue weighted by Crippen LogP contribution is 2.44. The summed E-state index contributed by atoms with van der Waals surface area (Å²) in [5, 5.41) is 11.2. The van der Waals surface area contributed by atoms with Crippen LogP contribution >= 0.6 is 11.3 Å². The zero-order chi connectivity index (χ0) is 26.7. The van der Waals surface area contributed by atoms with Crippen molar-refractivity contribution in [2.45, 2.75) is 19.9 Å². The van der Waals surface area contributed by atoms with Crippen LogP contribution in [-0.4, -0.2) is 41.0 Å². The summed E-state index contributed by atoms with van der Waals surface area (Å²) in [5.41, 5.74) is 0.204. The van der Waals surface area contributed by atoms with E-state index in [0.29, 0.717) is 11.4 Å². The molecule has 37 heavy (non-hydrogen) atoms. The van der Waals surface area contributed by atoms with Crippen LogP contribution in [0.3, 0.4) is 0 Å². The summed E-state index contributed by atoms with van der Waals surface area (Å²) in [6.07, 6.45) is 1.58. The molecular weight excluding hydrogens is 499 g/mol. The van der Waals surface area contributed by atoms with Crippen molar-refractivity contribution in [2.24, 2.45) is 0 Å². The fraction of sp³-hybridized carbons (Fsp3) is 0.185. The third-order valence-electron chi connectivity index (χ3n) is 5.59. The van der Waals surface area contributed by atoms with Gasteiger partial charge in [0.1, 0.15) is 34.9 Å². The van der Waals surface area contributed by atoms with E-state index in [4.69, 9.17) is 9.47 Å². The summed E-state index contributed by atoms with van der Waals surface area (Å²) in [7, 11) is 0. The molecule has 0 saturated carbocycles. The molecule has 0 radical (unpaired) electrons. The average molecular weight is 523 g/mol. The minimum absolute atomic E-state index is 0.00290. The number of carbonyl (C=O) groups is 3. The zero-order valence-corrected chi connectivity index (χ0v) is 20.9. The number of thiazole rings is 1. The van der Waals surface area contributed by atoms with E-state index in [9.17, 15) is 19.5 Å². The third-order valence-corrected chi connectivity index (χ3v) is 6.73. The predicted octanol–water partition coefficient (Wildman–Crippen LogP) is 4.96. The van der Waals surface area contributed by atoms with Crippen LogP contribution in [0.15, 0.2) is 66.8 Å². The highest BCUT2D eigenvalue weighted by Gasteiger charge is 2.49. The number of rotatable bonds is 8. The van der Waals surface area contributed by atoms with Gasteiger partial charge in [-0.1, -0.05) is 42.2 Å². The molecule has 1 N–H and O–H groups in total. The van der Waals surface area contributed by atoms with Gasteiger partial charge in [0.25, 0.3) is 5.78 Å². The fourth-order valence-corrected chi connectivity index (χ4v) is 4.90. The Morgan fingerprint density at radius 3 is 2.57 bits per heavy atom. The molecule has 8 nitrogen and oxygen atoms in total. The van der Waals surface area contributed by atoms with Crippen molar-refractivity contribution < 1.29 is 33.4 Å². The van der Waals surface area contributed by atoms with E-state index in [0.717, 1.165) is 16.2 Å². The second-order valence-electron chi connectivity index (χ2n) is 7.95. The first kappa shape index (κ1) is 25.8. The molecule has 0 bridgehead atoms. The minimum Gasteiger partial charge on any atom is -0.507 e.